The third-order valence-corrected chi connectivity index (χ3v) is 9.33. The van der Waals surface area contributed by atoms with E-state index in [4.69, 9.17) is 20.8 Å². The van der Waals surface area contributed by atoms with Crippen molar-refractivity contribution in [2.24, 2.45) is 0 Å². The van der Waals surface area contributed by atoms with E-state index < -0.39 is 20.2 Å². The van der Waals surface area contributed by atoms with Crippen LogP contribution in [-0.4, -0.2) is 30.6 Å². The molecule has 0 amide bonds. The highest BCUT2D eigenvalue weighted by Crippen LogP contribution is 2.22. The molecule has 0 fully saturated rings. The topological polar surface area (TPSA) is 53.4 Å². The third kappa shape index (κ3) is 4.18. The van der Waals surface area contributed by atoms with Gasteiger partial charge in [0.1, 0.15) is 11.3 Å². The van der Waals surface area contributed by atoms with Crippen molar-refractivity contribution in [1.82, 2.24) is 9.55 Å². The molecule has 0 saturated heterocycles. The van der Waals surface area contributed by atoms with E-state index in [1.54, 1.807) is 13.1 Å². The normalized spacial score (nSPS) is 18.6. The van der Waals surface area contributed by atoms with Crippen LogP contribution in [0.4, 0.5) is 0 Å². The fourth-order valence-corrected chi connectivity index (χ4v) is 6.51. The van der Waals surface area contributed by atoms with E-state index in [9.17, 15) is 4.79 Å². The molecule has 7 heteroatoms. The Morgan fingerprint density at radius 3 is 2.27 bits per heavy atom. The molecule has 0 bridgehead atoms. The minimum absolute atomic E-state index is 0.214. The van der Waals surface area contributed by atoms with Gasteiger partial charge in [-0.1, -0.05) is 78.3 Å². The monoisotopic (exact) mass is 438 g/mol. The number of hydrogen-bond donors (Lipinski definition) is 0. The third-order valence-electron chi connectivity index (χ3n) is 5.34. The molecule has 154 valence electrons. The van der Waals surface area contributed by atoms with Crippen LogP contribution in [0.15, 0.2) is 83.8 Å². The summed E-state index contributed by atoms with van der Waals surface area (Å²) < 4.78 is 14.1. The van der Waals surface area contributed by atoms with Crippen LogP contribution in [0.2, 0.25) is 11.7 Å². The summed E-state index contributed by atoms with van der Waals surface area (Å²) >= 11 is 5.94. The molecule has 4 rings (SSSR count). The maximum Gasteiger partial charge on any atom is 0.351 e. The zero-order chi connectivity index (χ0) is 21.1. The molecule has 1 aliphatic rings. The summed E-state index contributed by atoms with van der Waals surface area (Å²) in [5.74, 6) is 0. The van der Waals surface area contributed by atoms with Gasteiger partial charge in [-0.05, 0) is 29.9 Å². The van der Waals surface area contributed by atoms with Crippen LogP contribution in [0.5, 0.6) is 0 Å². The van der Waals surface area contributed by atoms with E-state index in [0.717, 1.165) is 5.56 Å². The second-order valence-corrected chi connectivity index (χ2v) is 11.3. The number of rotatable bonds is 6. The van der Waals surface area contributed by atoms with Gasteiger partial charge in [0.05, 0.1) is 6.61 Å². The van der Waals surface area contributed by atoms with E-state index in [2.05, 4.69) is 35.8 Å². The van der Waals surface area contributed by atoms with E-state index in [-0.39, 0.29) is 11.3 Å². The lowest BCUT2D eigenvalue weighted by atomic mass is 10.3. The Morgan fingerprint density at radius 2 is 1.67 bits per heavy atom. The highest BCUT2D eigenvalue weighted by molar-refractivity contribution is 6.96. The number of nitrogens with zero attached hydrogens (tertiary/aromatic N) is 2. The Labute approximate surface area is 181 Å². The summed E-state index contributed by atoms with van der Waals surface area (Å²) in [5, 5.41) is 2.61. The fraction of sp³-hybridized carbons (Fsp3) is 0.217. The number of ether oxygens (including phenoxy) is 1. The first-order chi connectivity index (χ1) is 14.5. The molecule has 1 aliphatic heterocycles. The van der Waals surface area contributed by atoms with Gasteiger partial charge >= 0.3 is 5.69 Å². The van der Waals surface area contributed by atoms with Crippen molar-refractivity contribution in [3.63, 3.8) is 0 Å². The minimum atomic E-state index is -2.41. The van der Waals surface area contributed by atoms with Crippen molar-refractivity contribution in [3.8, 4) is 0 Å². The molecule has 0 unspecified atom stereocenters. The van der Waals surface area contributed by atoms with Gasteiger partial charge in [-0.2, -0.15) is 4.98 Å². The van der Waals surface area contributed by atoms with E-state index in [1.807, 2.05) is 48.6 Å². The summed E-state index contributed by atoms with van der Waals surface area (Å²) in [6, 6.07) is 20.7. The van der Waals surface area contributed by atoms with Crippen LogP contribution in [-0.2, 0) is 9.16 Å². The van der Waals surface area contributed by atoms with Crippen LogP contribution in [0.1, 0.15) is 11.8 Å². The van der Waals surface area contributed by atoms with Crippen molar-refractivity contribution in [2.75, 3.05) is 6.61 Å². The van der Waals surface area contributed by atoms with Gasteiger partial charge in [-0.25, -0.2) is 4.79 Å². The molecular weight excluding hydrogens is 416 g/mol. The minimum Gasteiger partial charge on any atom is -0.405 e. The number of benzene rings is 2. The molecule has 0 spiro atoms. The molecule has 30 heavy (non-hydrogen) atoms. The highest BCUT2D eigenvalue weighted by Gasteiger charge is 2.35. The zero-order valence-corrected chi connectivity index (χ0v) is 18.6. The molecule has 2 heterocycles. The van der Waals surface area contributed by atoms with E-state index in [1.165, 1.54) is 14.9 Å². The van der Waals surface area contributed by atoms with Crippen molar-refractivity contribution in [2.45, 2.75) is 25.8 Å². The SMILES string of the molecule is Cc1cn([C@H]2C=C[C@@H](CO[Si](C)(c3ccccc3)c3ccccc3)O2)c(=O)nc1Cl. The first-order valence-corrected chi connectivity index (χ1v) is 12.6. The number of aromatic nitrogens is 2. The van der Waals surface area contributed by atoms with E-state index >= 15 is 0 Å². The second kappa shape index (κ2) is 8.69. The maximum absolute atomic E-state index is 12.2. The second-order valence-electron chi connectivity index (χ2n) is 7.43. The van der Waals surface area contributed by atoms with Crippen LogP contribution in [0.3, 0.4) is 0 Å². The summed E-state index contributed by atoms with van der Waals surface area (Å²) in [6.07, 6.45) is 4.69. The standard InChI is InChI=1S/C23H23ClN2O3Si/c1-17-15-26(23(27)25-22(17)24)21-14-13-18(29-21)16-28-30(2,19-9-5-3-6-10-19)20-11-7-4-8-12-20/h3-15,18,21H,16H2,1-2H3/t18-,21+/m0/s1. The Morgan fingerprint density at radius 1 is 1.07 bits per heavy atom. The Balaban J connectivity index is 1.51. The Bertz CT molecular complexity index is 1060. The molecule has 2 atom stereocenters. The summed E-state index contributed by atoms with van der Waals surface area (Å²) in [6.45, 7) is 4.40. The smallest absolute Gasteiger partial charge is 0.351 e. The molecule has 3 aromatic rings. The summed E-state index contributed by atoms with van der Waals surface area (Å²) in [7, 11) is -2.41. The summed E-state index contributed by atoms with van der Waals surface area (Å²) in [5.41, 5.74) is 0.288. The molecule has 0 N–H and O–H groups in total. The van der Waals surface area contributed by atoms with Crippen LogP contribution >= 0.6 is 11.6 Å². The van der Waals surface area contributed by atoms with Gasteiger partial charge in [0.15, 0.2) is 6.23 Å². The van der Waals surface area contributed by atoms with Gasteiger partial charge in [0, 0.05) is 11.8 Å². The predicted octanol–water partition coefficient (Wildman–Crippen LogP) is 3.07. The van der Waals surface area contributed by atoms with Gasteiger partial charge in [-0.3, -0.25) is 4.57 Å². The molecule has 1 aromatic heterocycles. The maximum atomic E-state index is 12.2. The first kappa shape index (κ1) is 20.7. The molecular formula is C23H23ClN2O3Si. The van der Waals surface area contributed by atoms with Crippen LogP contribution in [0.25, 0.3) is 0 Å². The molecule has 0 radical (unpaired) electrons. The predicted molar refractivity (Wildman–Crippen MR) is 121 cm³/mol. The van der Waals surface area contributed by atoms with Crippen LogP contribution < -0.4 is 16.1 Å². The van der Waals surface area contributed by atoms with Crippen LogP contribution in [0, 0.1) is 6.92 Å². The van der Waals surface area contributed by atoms with E-state index in [0.29, 0.717) is 6.61 Å². The number of hydrogen-bond acceptors (Lipinski definition) is 4. The lowest BCUT2D eigenvalue weighted by molar-refractivity contribution is -0.00623. The van der Waals surface area contributed by atoms with Gasteiger partial charge in [-0.15, -0.1) is 0 Å². The zero-order valence-electron chi connectivity index (χ0n) is 16.9. The highest BCUT2D eigenvalue weighted by atomic mass is 35.5. The van der Waals surface area contributed by atoms with Gasteiger partial charge in [0.2, 0.25) is 0 Å². The molecule has 0 saturated carbocycles. The number of halogens is 1. The fourth-order valence-electron chi connectivity index (χ4n) is 3.57. The Hall–Kier alpha value is -2.51. The molecule has 0 aliphatic carbocycles. The average Bonchev–Trinajstić information content (AvgIpc) is 3.24. The lowest BCUT2D eigenvalue weighted by Crippen LogP contribution is -2.59. The van der Waals surface area contributed by atoms with Gasteiger partial charge < -0.3 is 9.16 Å². The van der Waals surface area contributed by atoms with Gasteiger partial charge in [0.25, 0.3) is 8.32 Å². The van der Waals surface area contributed by atoms with Crippen molar-refractivity contribution < 1.29 is 9.16 Å². The average molecular weight is 439 g/mol. The molecule has 5 nitrogen and oxygen atoms in total. The summed E-state index contributed by atoms with van der Waals surface area (Å²) in [4.78, 5) is 16.0. The largest absolute Gasteiger partial charge is 0.405 e. The van der Waals surface area contributed by atoms with Crippen molar-refractivity contribution in [3.05, 3.63) is 100 Å². The number of aryl methyl sites for hydroxylation is 1. The Kier molecular flexibility index (Phi) is 6.01. The first-order valence-electron chi connectivity index (χ1n) is 9.81. The quantitative estimate of drug-likeness (QED) is 0.337. The lowest BCUT2D eigenvalue weighted by Gasteiger charge is -2.30. The van der Waals surface area contributed by atoms with Crippen molar-refractivity contribution >= 4 is 30.3 Å². The molecule has 2 aromatic carbocycles. The van der Waals surface area contributed by atoms with Crippen molar-refractivity contribution in [1.29, 1.82) is 0 Å².